The molecule has 2 aromatic rings. The van der Waals surface area contributed by atoms with Gasteiger partial charge in [0.15, 0.2) is 0 Å². The highest BCUT2D eigenvalue weighted by atomic mass is 35.5. The van der Waals surface area contributed by atoms with Crippen LogP contribution in [0.5, 0.6) is 0 Å². The van der Waals surface area contributed by atoms with Crippen molar-refractivity contribution in [2.24, 2.45) is 0 Å². The Balaban J connectivity index is 2.08. The third kappa shape index (κ3) is 4.59. The van der Waals surface area contributed by atoms with Crippen LogP contribution in [-0.4, -0.2) is 34.2 Å². The van der Waals surface area contributed by atoms with Crippen LogP contribution in [0.4, 0.5) is 10.5 Å². The van der Waals surface area contributed by atoms with Crippen molar-refractivity contribution in [3.05, 3.63) is 58.3 Å². The topological polar surface area (TPSA) is 65.5 Å². The van der Waals surface area contributed by atoms with Gasteiger partial charge in [0, 0.05) is 19.3 Å². The number of hydrogen-bond donors (Lipinski definition) is 2. The van der Waals surface area contributed by atoms with E-state index in [-0.39, 0.29) is 19.2 Å². The van der Waals surface area contributed by atoms with Gasteiger partial charge in [-0.15, -0.1) is 0 Å². The number of pyridine rings is 1. The number of aliphatic hydroxyl groups is 1. The fourth-order valence-corrected chi connectivity index (χ4v) is 2.19. The van der Waals surface area contributed by atoms with Gasteiger partial charge in [0.2, 0.25) is 0 Å². The first-order chi connectivity index (χ1) is 10.6. The van der Waals surface area contributed by atoms with Crippen LogP contribution in [0.25, 0.3) is 0 Å². The van der Waals surface area contributed by atoms with Gasteiger partial charge in [0.1, 0.15) is 0 Å². The summed E-state index contributed by atoms with van der Waals surface area (Å²) in [7, 11) is 0. The number of nitrogens with one attached hydrogen (secondary N) is 1. The molecule has 0 aliphatic heterocycles. The first kappa shape index (κ1) is 16.5. The first-order valence-electron chi connectivity index (χ1n) is 6.61. The molecule has 1 aromatic carbocycles. The van der Waals surface area contributed by atoms with E-state index >= 15 is 0 Å². The number of anilines is 1. The molecule has 1 aromatic heterocycles. The summed E-state index contributed by atoms with van der Waals surface area (Å²) in [6.45, 7) is 0.373. The average Bonchev–Trinajstić information content (AvgIpc) is 2.51. The summed E-state index contributed by atoms with van der Waals surface area (Å²) in [5, 5.41) is 12.8. The average molecular weight is 340 g/mol. The van der Waals surface area contributed by atoms with Crippen LogP contribution in [-0.2, 0) is 6.54 Å². The highest BCUT2D eigenvalue weighted by Crippen LogP contribution is 2.23. The molecule has 0 saturated carbocycles. The molecule has 0 spiro atoms. The zero-order valence-electron chi connectivity index (χ0n) is 11.7. The van der Waals surface area contributed by atoms with Crippen LogP contribution < -0.4 is 5.32 Å². The van der Waals surface area contributed by atoms with Crippen LogP contribution in [0.15, 0.2) is 42.7 Å². The van der Waals surface area contributed by atoms with E-state index in [2.05, 4.69) is 10.3 Å². The molecule has 0 unspecified atom stereocenters. The van der Waals surface area contributed by atoms with Crippen molar-refractivity contribution < 1.29 is 9.90 Å². The molecule has 2 rings (SSSR count). The second-order valence-corrected chi connectivity index (χ2v) is 5.38. The quantitative estimate of drug-likeness (QED) is 0.877. The Morgan fingerprint density at radius 3 is 2.73 bits per heavy atom. The van der Waals surface area contributed by atoms with Crippen LogP contribution in [0.3, 0.4) is 0 Å². The summed E-state index contributed by atoms with van der Waals surface area (Å²) in [5.41, 5.74) is 1.41. The number of benzene rings is 1. The lowest BCUT2D eigenvalue weighted by Gasteiger charge is -2.22. The van der Waals surface area contributed by atoms with Crippen LogP contribution >= 0.6 is 23.2 Å². The van der Waals surface area contributed by atoms with Gasteiger partial charge in [-0.05, 0) is 29.8 Å². The predicted octanol–water partition coefficient (Wildman–Crippen LogP) is 3.41. The SMILES string of the molecule is O=C(Nc1cccnc1)N(CCO)Cc1ccc(Cl)c(Cl)c1. The number of halogens is 2. The van der Waals surface area contributed by atoms with Crippen LogP contribution in [0, 0.1) is 0 Å². The van der Waals surface area contributed by atoms with Crippen LogP contribution in [0.1, 0.15) is 5.56 Å². The van der Waals surface area contributed by atoms with Crippen molar-refractivity contribution in [1.82, 2.24) is 9.88 Å². The Kier molecular flexibility index (Phi) is 6.00. The number of amides is 2. The van der Waals surface area contributed by atoms with E-state index in [1.165, 1.54) is 4.90 Å². The molecule has 2 amide bonds. The molecule has 0 bridgehead atoms. The molecule has 0 saturated heterocycles. The predicted molar refractivity (Wildman–Crippen MR) is 87.2 cm³/mol. The van der Waals surface area contributed by atoms with Gasteiger partial charge in [0.05, 0.1) is 28.5 Å². The highest BCUT2D eigenvalue weighted by molar-refractivity contribution is 6.42. The van der Waals surface area contributed by atoms with Crippen molar-refractivity contribution in [2.75, 3.05) is 18.5 Å². The normalized spacial score (nSPS) is 10.3. The number of urea groups is 1. The van der Waals surface area contributed by atoms with Gasteiger partial charge in [-0.25, -0.2) is 4.79 Å². The maximum Gasteiger partial charge on any atom is 0.322 e. The van der Waals surface area contributed by atoms with Gasteiger partial charge in [-0.3, -0.25) is 4.98 Å². The molecule has 7 heteroatoms. The van der Waals surface area contributed by atoms with E-state index < -0.39 is 0 Å². The van der Waals surface area contributed by atoms with E-state index in [1.54, 1.807) is 42.7 Å². The van der Waals surface area contributed by atoms with Gasteiger partial charge in [-0.1, -0.05) is 29.3 Å². The largest absolute Gasteiger partial charge is 0.395 e. The Labute approximate surface area is 138 Å². The fraction of sp³-hybridized carbons (Fsp3) is 0.200. The van der Waals surface area contributed by atoms with Crippen LogP contribution in [0.2, 0.25) is 10.0 Å². The molecule has 22 heavy (non-hydrogen) atoms. The van der Waals surface area contributed by atoms with Crippen molar-refractivity contribution in [3.8, 4) is 0 Å². The Bertz CT molecular complexity index is 638. The molecule has 0 fully saturated rings. The number of aliphatic hydroxyl groups excluding tert-OH is 1. The summed E-state index contributed by atoms with van der Waals surface area (Å²) in [6.07, 6.45) is 3.17. The molecule has 0 radical (unpaired) electrons. The maximum absolute atomic E-state index is 12.3. The summed E-state index contributed by atoms with van der Waals surface area (Å²) >= 11 is 11.9. The molecular formula is C15H15Cl2N3O2. The van der Waals surface area contributed by atoms with Crippen molar-refractivity contribution in [3.63, 3.8) is 0 Å². The fourth-order valence-electron chi connectivity index (χ4n) is 1.87. The minimum absolute atomic E-state index is 0.137. The Morgan fingerprint density at radius 2 is 2.09 bits per heavy atom. The van der Waals surface area contributed by atoms with Gasteiger partial charge in [-0.2, -0.15) is 0 Å². The lowest BCUT2D eigenvalue weighted by Crippen LogP contribution is -2.36. The van der Waals surface area contributed by atoms with E-state index in [9.17, 15) is 4.79 Å². The number of nitrogens with zero attached hydrogens (tertiary/aromatic N) is 2. The molecule has 1 heterocycles. The van der Waals surface area contributed by atoms with E-state index in [0.717, 1.165) is 5.56 Å². The van der Waals surface area contributed by atoms with E-state index in [0.29, 0.717) is 22.3 Å². The molecule has 0 aliphatic carbocycles. The third-order valence-corrected chi connectivity index (χ3v) is 3.67. The summed E-state index contributed by atoms with van der Waals surface area (Å²) in [4.78, 5) is 17.7. The number of rotatable bonds is 5. The third-order valence-electron chi connectivity index (χ3n) is 2.93. The summed E-state index contributed by atoms with van der Waals surface area (Å²) < 4.78 is 0. The molecule has 116 valence electrons. The van der Waals surface area contributed by atoms with Crippen molar-refractivity contribution in [1.29, 1.82) is 0 Å². The number of carbonyl (C=O) groups is 1. The van der Waals surface area contributed by atoms with Gasteiger partial charge in [0.25, 0.3) is 0 Å². The van der Waals surface area contributed by atoms with Crippen molar-refractivity contribution in [2.45, 2.75) is 6.54 Å². The molecule has 0 atom stereocenters. The monoisotopic (exact) mass is 339 g/mol. The molecular weight excluding hydrogens is 325 g/mol. The number of aromatic nitrogens is 1. The minimum Gasteiger partial charge on any atom is -0.395 e. The first-order valence-corrected chi connectivity index (χ1v) is 7.36. The van der Waals surface area contributed by atoms with Gasteiger partial charge < -0.3 is 15.3 Å². The lowest BCUT2D eigenvalue weighted by atomic mass is 10.2. The lowest BCUT2D eigenvalue weighted by molar-refractivity contribution is 0.185. The second-order valence-electron chi connectivity index (χ2n) is 4.57. The standard InChI is InChI=1S/C15H15Cl2N3O2/c16-13-4-3-11(8-14(13)17)10-20(6-7-21)15(22)19-12-2-1-5-18-9-12/h1-5,8-9,21H,6-7,10H2,(H,19,22). The smallest absolute Gasteiger partial charge is 0.322 e. The van der Waals surface area contributed by atoms with Gasteiger partial charge >= 0.3 is 6.03 Å². The Morgan fingerprint density at radius 1 is 1.27 bits per heavy atom. The summed E-state index contributed by atoms with van der Waals surface area (Å²) in [6, 6.07) is 8.30. The maximum atomic E-state index is 12.3. The zero-order valence-corrected chi connectivity index (χ0v) is 13.2. The highest BCUT2D eigenvalue weighted by Gasteiger charge is 2.14. The second kappa shape index (κ2) is 7.98. The number of hydrogen-bond acceptors (Lipinski definition) is 3. The number of carbonyl (C=O) groups excluding carboxylic acids is 1. The molecule has 5 nitrogen and oxygen atoms in total. The van der Waals surface area contributed by atoms with E-state index in [1.807, 2.05) is 0 Å². The minimum atomic E-state index is -0.326. The Hall–Kier alpha value is -1.82. The van der Waals surface area contributed by atoms with Crippen molar-refractivity contribution >= 4 is 34.9 Å². The zero-order chi connectivity index (χ0) is 15.9. The van der Waals surface area contributed by atoms with E-state index in [4.69, 9.17) is 28.3 Å². The molecule has 2 N–H and O–H groups in total. The summed E-state index contributed by atoms with van der Waals surface area (Å²) in [5.74, 6) is 0. The molecule has 0 aliphatic rings.